The smallest absolute Gasteiger partial charge is 0.0145 e. The van der Waals surface area contributed by atoms with Crippen molar-refractivity contribution in [2.24, 2.45) is 5.41 Å². The SMILES string of the molecule is CNC1=CC(C(C)(C)C)=CC=CC1. The number of rotatable bonds is 1. The van der Waals surface area contributed by atoms with Gasteiger partial charge in [-0.15, -0.1) is 0 Å². The molecule has 0 amide bonds. The van der Waals surface area contributed by atoms with Crippen molar-refractivity contribution in [2.75, 3.05) is 7.05 Å². The number of hydrogen-bond donors (Lipinski definition) is 1. The van der Waals surface area contributed by atoms with Crippen LogP contribution in [0.1, 0.15) is 27.2 Å². The molecule has 0 radical (unpaired) electrons. The van der Waals surface area contributed by atoms with Crippen LogP contribution in [0.3, 0.4) is 0 Å². The lowest BCUT2D eigenvalue weighted by Crippen LogP contribution is -2.11. The monoisotopic (exact) mass is 177 g/mol. The van der Waals surface area contributed by atoms with Crippen molar-refractivity contribution >= 4 is 0 Å². The van der Waals surface area contributed by atoms with Crippen molar-refractivity contribution < 1.29 is 0 Å². The van der Waals surface area contributed by atoms with Crippen LogP contribution in [0.25, 0.3) is 0 Å². The molecule has 0 saturated heterocycles. The van der Waals surface area contributed by atoms with E-state index < -0.39 is 0 Å². The molecule has 0 aliphatic heterocycles. The molecule has 0 spiro atoms. The Morgan fingerprint density at radius 2 is 2.00 bits per heavy atom. The van der Waals surface area contributed by atoms with Crippen LogP contribution in [0.2, 0.25) is 0 Å². The summed E-state index contributed by atoms with van der Waals surface area (Å²) in [5.41, 5.74) is 2.90. The molecule has 72 valence electrons. The van der Waals surface area contributed by atoms with Crippen molar-refractivity contribution in [3.8, 4) is 0 Å². The Labute approximate surface area is 81.2 Å². The summed E-state index contributed by atoms with van der Waals surface area (Å²) < 4.78 is 0. The van der Waals surface area contributed by atoms with Gasteiger partial charge in [-0.05, 0) is 17.1 Å². The molecular formula is C12H19N. The van der Waals surface area contributed by atoms with Gasteiger partial charge in [0, 0.05) is 19.2 Å². The highest BCUT2D eigenvalue weighted by atomic mass is 14.8. The van der Waals surface area contributed by atoms with Gasteiger partial charge in [0.15, 0.2) is 0 Å². The third-order valence-electron chi connectivity index (χ3n) is 2.27. The fourth-order valence-corrected chi connectivity index (χ4v) is 1.30. The first-order valence-corrected chi connectivity index (χ1v) is 4.79. The Kier molecular flexibility index (Phi) is 2.97. The van der Waals surface area contributed by atoms with E-state index in [-0.39, 0.29) is 5.41 Å². The standard InChI is InChI=1S/C12H19N/c1-12(2,3)10-7-5-6-8-11(9-10)13-4/h5-7,9,13H,8H2,1-4H3. The van der Waals surface area contributed by atoms with Crippen molar-refractivity contribution in [1.29, 1.82) is 0 Å². The molecule has 1 aliphatic rings. The Bertz CT molecular complexity index is 261. The molecule has 1 heteroatoms. The maximum atomic E-state index is 3.22. The highest BCUT2D eigenvalue weighted by Gasteiger charge is 2.15. The second-order valence-electron chi connectivity index (χ2n) is 4.42. The van der Waals surface area contributed by atoms with Crippen molar-refractivity contribution in [1.82, 2.24) is 5.32 Å². The van der Waals surface area contributed by atoms with Crippen LogP contribution >= 0.6 is 0 Å². The van der Waals surface area contributed by atoms with Gasteiger partial charge >= 0.3 is 0 Å². The van der Waals surface area contributed by atoms with Crippen LogP contribution in [0.15, 0.2) is 35.6 Å². The van der Waals surface area contributed by atoms with E-state index in [1.54, 1.807) is 0 Å². The van der Waals surface area contributed by atoms with E-state index in [0.717, 1.165) is 6.42 Å². The molecule has 0 fully saturated rings. The van der Waals surface area contributed by atoms with Gasteiger partial charge in [-0.25, -0.2) is 0 Å². The first kappa shape index (κ1) is 10.1. The molecule has 0 heterocycles. The molecule has 0 bridgehead atoms. The Balaban J connectivity index is 2.95. The zero-order valence-electron chi connectivity index (χ0n) is 9.02. The predicted octanol–water partition coefficient (Wildman–Crippen LogP) is 3.02. The molecule has 1 rings (SSSR count). The van der Waals surface area contributed by atoms with E-state index in [1.165, 1.54) is 11.3 Å². The van der Waals surface area contributed by atoms with Gasteiger partial charge < -0.3 is 5.32 Å². The third kappa shape index (κ3) is 2.76. The second-order valence-corrected chi connectivity index (χ2v) is 4.42. The summed E-state index contributed by atoms with van der Waals surface area (Å²) in [6.45, 7) is 6.71. The summed E-state index contributed by atoms with van der Waals surface area (Å²) in [5.74, 6) is 0. The van der Waals surface area contributed by atoms with E-state index in [9.17, 15) is 0 Å². The summed E-state index contributed by atoms with van der Waals surface area (Å²) in [5, 5.41) is 3.22. The van der Waals surface area contributed by atoms with E-state index in [4.69, 9.17) is 0 Å². The van der Waals surface area contributed by atoms with Gasteiger partial charge in [0.2, 0.25) is 0 Å². The fourth-order valence-electron chi connectivity index (χ4n) is 1.30. The maximum Gasteiger partial charge on any atom is 0.0145 e. The minimum absolute atomic E-state index is 0.233. The van der Waals surface area contributed by atoms with Crippen LogP contribution in [0.4, 0.5) is 0 Å². The number of hydrogen-bond acceptors (Lipinski definition) is 1. The Morgan fingerprint density at radius 3 is 2.54 bits per heavy atom. The second kappa shape index (κ2) is 3.82. The van der Waals surface area contributed by atoms with Crippen LogP contribution in [-0.2, 0) is 0 Å². The minimum Gasteiger partial charge on any atom is -0.391 e. The zero-order valence-corrected chi connectivity index (χ0v) is 9.02. The van der Waals surface area contributed by atoms with E-state index in [1.807, 2.05) is 7.05 Å². The summed E-state index contributed by atoms with van der Waals surface area (Å²) in [4.78, 5) is 0. The molecule has 13 heavy (non-hydrogen) atoms. The third-order valence-corrected chi connectivity index (χ3v) is 2.27. The predicted molar refractivity (Wildman–Crippen MR) is 58.4 cm³/mol. The molecule has 1 N–H and O–H groups in total. The quantitative estimate of drug-likeness (QED) is 0.649. The highest BCUT2D eigenvalue weighted by molar-refractivity contribution is 5.34. The molecule has 0 atom stereocenters. The molecule has 1 aliphatic carbocycles. The topological polar surface area (TPSA) is 12.0 Å². The van der Waals surface area contributed by atoms with Crippen LogP contribution in [-0.4, -0.2) is 7.05 Å². The minimum atomic E-state index is 0.233. The van der Waals surface area contributed by atoms with Gasteiger partial charge in [0.25, 0.3) is 0 Å². The average molecular weight is 177 g/mol. The summed E-state index contributed by atoms with van der Waals surface area (Å²) in [6, 6.07) is 0. The van der Waals surface area contributed by atoms with Crippen LogP contribution < -0.4 is 5.32 Å². The molecule has 1 nitrogen and oxygen atoms in total. The number of nitrogens with one attached hydrogen (secondary N) is 1. The lowest BCUT2D eigenvalue weighted by molar-refractivity contribution is 0.516. The Hall–Kier alpha value is -0.980. The summed E-state index contributed by atoms with van der Waals surface area (Å²) in [6.07, 6.45) is 9.78. The Morgan fingerprint density at radius 1 is 1.31 bits per heavy atom. The molecular weight excluding hydrogens is 158 g/mol. The highest BCUT2D eigenvalue weighted by Crippen LogP contribution is 2.28. The van der Waals surface area contributed by atoms with Gasteiger partial charge in [-0.2, -0.15) is 0 Å². The zero-order chi connectivity index (χ0) is 9.90. The van der Waals surface area contributed by atoms with Crippen LogP contribution in [0.5, 0.6) is 0 Å². The van der Waals surface area contributed by atoms with Gasteiger partial charge in [0.1, 0.15) is 0 Å². The van der Waals surface area contributed by atoms with Crippen molar-refractivity contribution in [3.05, 3.63) is 35.6 Å². The van der Waals surface area contributed by atoms with Crippen molar-refractivity contribution in [2.45, 2.75) is 27.2 Å². The number of allylic oxidation sites excluding steroid dienone is 5. The van der Waals surface area contributed by atoms with Gasteiger partial charge in [0.05, 0.1) is 0 Å². The lowest BCUT2D eigenvalue weighted by Gasteiger charge is -2.20. The van der Waals surface area contributed by atoms with E-state index >= 15 is 0 Å². The van der Waals surface area contributed by atoms with Crippen molar-refractivity contribution in [3.63, 3.8) is 0 Å². The average Bonchev–Trinajstić information content (AvgIpc) is 2.27. The lowest BCUT2D eigenvalue weighted by atomic mass is 9.86. The summed E-state index contributed by atoms with van der Waals surface area (Å²) in [7, 11) is 1.98. The molecule has 0 unspecified atom stereocenters. The molecule has 0 aromatic carbocycles. The van der Waals surface area contributed by atoms with Gasteiger partial charge in [-0.1, -0.05) is 39.0 Å². The van der Waals surface area contributed by atoms with E-state index in [0.29, 0.717) is 0 Å². The van der Waals surface area contributed by atoms with Crippen LogP contribution in [0, 0.1) is 5.41 Å². The first-order valence-electron chi connectivity index (χ1n) is 4.79. The largest absolute Gasteiger partial charge is 0.391 e. The van der Waals surface area contributed by atoms with E-state index in [2.05, 4.69) is 50.4 Å². The molecule has 0 aromatic rings. The first-order chi connectivity index (χ1) is 6.04. The molecule has 0 saturated carbocycles. The fraction of sp³-hybridized carbons (Fsp3) is 0.500. The molecule has 0 aromatic heterocycles. The normalized spacial score (nSPS) is 17.5. The van der Waals surface area contributed by atoms with Gasteiger partial charge in [-0.3, -0.25) is 0 Å². The maximum absolute atomic E-state index is 3.22. The summed E-state index contributed by atoms with van der Waals surface area (Å²) >= 11 is 0.